The summed E-state index contributed by atoms with van der Waals surface area (Å²) in [6, 6.07) is 12.4. The van der Waals surface area contributed by atoms with Crippen LogP contribution in [0.3, 0.4) is 0 Å². The number of carbonyl (C=O) groups excluding carboxylic acids is 2. The van der Waals surface area contributed by atoms with E-state index >= 15 is 0 Å². The third-order valence-corrected chi connectivity index (χ3v) is 6.17. The number of ether oxygens (including phenoxy) is 1. The molecule has 0 bridgehead atoms. The molecule has 0 saturated carbocycles. The van der Waals surface area contributed by atoms with Gasteiger partial charge in [0.2, 0.25) is 11.8 Å². The van der Waals surface area contributed by atoms with Gasteiger partial charge >= 0.3 is 6.18 Å². The van der Waals surface area contributed by atoms with Crippen molar-refractivity contribution in [2.45, 2.75) is 36.8 Å². The maximum Gasteiger partial charge on any atom is 0.416 e. The number of hydrogen-bond donors (Lipinski definition) is 2. The predicted octanol–water partition coefficient (Wildman–Crippen LogP) is 4.00. The number of carbonyl (C=O) groups is 2. The molecular weight excluding hydrogens is 409 g/mol. The average molecular weight is 432 g/mol. The number of benzene rings is 2. The zero-order valence-electron chi connectivity index (χ0n) is 16.8. The van der Waals surface area contributed by atoms with Gasteiger partial charge < -0.3 is 15.4 Å². The lowest BCUT2D eigenvalue weighted by Gasteiger charge is -2.38. The van der Waals surface area contributed by atoms with Crippen LogP contribution in [0.25, 0.3) is 0 Å². The molecule has 1 saturated heterocycles. The second-order valence-corrected chi connectivity index (χ2v) is 8.08. The Hall–Kier alpha value is -2.87. The van der Waals surface area contributed by atoms with E-state index < -0.39 is 23.1 Å². The molecule has 5 nitrogen and oxygen atoms in total. The Morgan fingerprint density at radius 1 is 1.13 bits per heavy atom. The van der Waals surface area contributed by atoms with Crippen LogP contribution >= 0.6 is 0 Å². The molecule has 2 aliphatic rings. The number of fused-ring (bicyclic) bond motifs is 1. The van der Waals surface area contributed by atoms with E-state index in [1.807, 2.05) is 0 Å². The summed E-state index contributed by atoms with van der Waals surface area (Å²) >= 11 is 0. The molecule has 31 heavy (non-hydrogen) atoms. The number of rotatable bonds is 4. The van der Waals surface area contributed by atoms with Crippen LogP contribution in [0.4, 0.5) is 18.9 Å². The van der Waals surface area contributed by atoms with E-state index in [-0.39, 0.29) is 24.8 Å². The molecule has 0 aromatic heterocycles. The molecule has 164 valence electrons. The monoisotopic (exact) mass is 432 g/mol. The standard InChI is InChI=1S/C23H23F3N2O3/c24-23(25,26)16-5-3-4-15(12-16)22(8-10-31-11-9-22)14-27-21(30)18-13-20(29)28-19-7-2-1-6-17(18)19/h1-7,12,18H,8-11,13-14H2,(H,27,30)(H,28,29)/t18-/m1/s1. The lowest BCUT2D eigenvalue weighted by molar-refractivity contribution is -0.137. The highest BCUT2D eigenvalue weighted by atomic mass is 19.4. The van der Waals surface area contributed by atoms with Crippen molar-refractivity contribution in [3.63, 3.8) is 0 Å². The van der Waals surface area contributed by atoms with Crippen LogP contribution in [0.1, 0.15) is 41.9 Å². The molecule has 0 aliphatic carbocycles. The van der Waals surface area contributed by atoms with Crippen molar-refractivity contribution in [2.24, 2.45) is 0 Å². The van der Waals surface area contributed by atoms with E-state index in [9.17, 15) is 22.8 Å². The maximum absolute atomic E-state index is 13.3. The zero-order chi connectivity index (χ0) is 22.1. The number of hydrogen-bond acceptors (Lipinski definition) is 3. The molecule has 2 aliphatic heterocycles. The van der Waals surface area contributed by atoms with Crippen molar-refractivity contribution in [3.8, 4) is 0 Å². The lowest BCUT2D eigenvalue weighted by atomic mass is 9.73. The number of nitrogens with one attached hydrogen (secondary N) is 2. The average Bonchev–Trinajstić information content (AvgIpc) is 2.77. The zero-order valence-corrected chi connectivity index (χ0v) is 16.8. The fraction of sp³-hybridized carbons (Fsp3) is 0.391. The summed E-state index contributed by atoms with van der Waals surface area (Å²) in [6.07, 6.45) is -3.42. The first-order valence-electron chi connectivity index (χ1n) is 10.2. The fourth-order valence-corrected chi connectivity index (χ4v) is 4.38. The van der Waals surface area contributed by atoms with E-state index in [4.69, 9.17) is 4.74 Å². The molecule has 8 heteroatoms. The molecule has 4 rings (SSSR count). The van der Waals surface area contributed by atoms with E-state index in [0.29, 0.717) is 37.3 Å². The molecule has 1 fully saturated rings. The molecule has 0 spiro atoms. The van der Waals surface area contributed by atoms with Crippen LogP contribution < -0.4 is 10.6 Å². The number of halogens is 3. The van der Waals surface area contributed by atoms with Crippen LogP contribution in [-0.4, -0.2) is 31.6 Å². The SMILES string of the molecule is O=C1C[C@@H](C(=O)NCC2(c3cccc(C(F)(F)F)c3)CCOCC2)c2ccccc2N1. The number of anilines is 1. The third kappa shape index (κ3) is 4.44. The van der Waals surface area contributed by atoms with Gasteiger partial charge in [-0.3, -0.25) is 9.59 Å². The van der Waals surface area contributed by atoms with Crippen molar-refractivity contribution in [2.75, 3.05) is 25.1 Å². The van der Waals surface area contributed by atoms with Crippen LogP contribution in [0.15, 0.2) is 48.5 Å². The maximum atomic E-state index is 13.3. The van der Waals surface area contributed by atoms with E-state index in [2.05, 4.69) is 10.6 Å². The van der Waals surface area contributed by atoms with Crippen molar-refractivity contribution in [1.29, 1.82) is 0 Å². The minimum Gasteiger partial charge on any atom is -0.381 e. The Morgan fingerprint density at radius 3 is 2.61 bits per heavy atom. The van der Waals surface area contributed by atoms with Crippen molar-refractivity contribution in [1.82, 2.24) is 5.32 Å². The highest BCUT2D eigenvalue weighted by Gasteiger charge is 2.39. The van der Waals surface area contributed by atoms with E-state index in [0.717, 1.165) is 11.6 Å². The number of alkyl halides is 3. The van der Waals surface area contributed by atoms with Gasteiger partial charge in [-0.15, -0.1) is 0 Å². The molecule has 2 aromatic carbocycles. The normalized spacial score (nSPS) is 20.5. The topological polar surface area (TPSA) is 67.4 Å². The second-order valence-electron chi connectivity index (χ2n) is 8.08. The highest BCUT2D eigenvalue weighted by Crippen LogP contribution is 2.38. The highest BCUT2D eigenvalue weighted by molar-refractivity contribution is 6.01. The molecule has 0 radical (unpaired) electrons. The Balaban J connectivity index is 1.57. The van der Waals surface area contributed by atoms with Gasteiger partial charge in [-0.05, 0) is 36.1 Å². The van der Waals surface area contributed by atoms with Gasteiger partial charge in [-0.2, -0.15) is 13.2 Å². The Kier molecular flexibility index (Phi) is 5.75. The van der Waals surface area contributed by atoms with Gasteiger partial charge in [-0.25, -0.2) is 0 Å². The second kappa shape index (κ2) is 8.34. The minimum absolute atomic E-state index is 0.0303. The summed E-state index contributed by atoms with van der Waals surface area (Å²) in [5.41, 5.74) is 0.510. The minimum atomic E-state index is -4.44. The fourth-order valence-electron chi connectivity index (χ4n) is 4.38. The van der Waals surface area contributed by atoms with Crippen molar-refractivity contribution in [3.05, 3.63) is 65.2 Å². The third-order valence-electron chi connectivity index (χ3n) is 6.17. The van der Waals surface area contributed by atoms with Crippen LogP contribution in [-0.2, 0) is 25.9 Å². The van der Waals surface area contributed by atoms with E-state index in [1.165, 1.54) is 12.1 Å². The Labute approximate surface area is 178 Å². The first kappa shape index (κ1) is 21.4. The van der Waals surface area contributed by atoms with Gasteiger partial charge in [0, 0.05) is 37.3 Å². The number of amides is 2. The van der Waals surface area contributed by atoms with Gasteiger partial charge in [0.05, 0.1) is 11.5 Å². The van der Waals surface area contributed by atoms with Gasteiger partial charge in [0.1, 0.15) is 0 Å². The van der Waals surface area contributed by atoms with E-state index in [1.54, 1.807) is 30.3 Å². The molecule has 2 heterocycles. The number of para-hydroxylation sites is 1. The summed E-state index contributed by atoms with van der Waals surface area (Å²) in [4.78, 5) is 25.1. The quantitative estimate of drug-likeness (QED) is 0.768. The molecule has 1 atom stereocenters. The molecule has 2 N–H and O–H groups in total. The molecule has 2 amide bonds. The summed E-state index contributed by atoms with van der Waals surface area (Å²) in [5, 5.41) is 5.69. The molecule has 2 aromatic rings. The smallest absolute Gasteiger partial charge is 0.381 e. The summed E-state index contributed by atoms with van der Waals surface area (Å²) in [5.74, 6) is -1.18. The van der Waals surface area contributed by atoms with Gasteiger partial charge in [-0.1, -0.05) is 36.4 Å². The van der Waals surface area contributed by atoms with Gasteiger partial charge in [0.15, 0.2) is 0 Å². The van der Waals surface area contributed by atoms with Crippen LogP contribution in [0.5, 0.6) is 0 Å². The summed E-state index contributed by atoms with van der Waals surface area (Å²) < 4.78 is 45.2. The van der Waals surface area contributed by atoms with Crippen molar-refractivity contribution >= 4 is 17.5 Å². The first-order chi connectivity index (χ1) is 14.8. The van der Waals surface area contributed by atoms with Crippen LogP contribution in [0.2, 0.25) is 0 Å². The lowest BCUT2D eigenvalue weighted by Crippen LogP contribution is -2.46. The largest absolute Gasteiger partial charge is 0.416 e. The molecular formula is C23H23F3N2O3. The Morgan fingerprint density at radius 2 is 1.87 bits per heavy atom. The summed E-state index contributed by atoms with van der Waals surface area (Å²) in [6.45, 7) is 0.984. The van der Waals surface area contributed by atoms with Crippen molar-refractivity contribution < 1.29 is 27.5 Å². The first-order valence-corrected chi connectivity index (χ1v) is 10.2. The predicted molar refractivity (Wildman–Crippen MR) is 109 cm³/mol. The van der Waals surface area contributed by atoms with Gasteiger partial charge in [0.25, 0.3) is 0 Å². The van der Waals surface area contributed by atoms with Crippen LogP contribution in [0, 0.1) is 0 Å². The Bertz CT molecular complexity index is 984. The summed E-state index contributed by atoms with van der Waals surface area (Å²) in [7, 11) is 0. The molecule has 0 unspecified atom stereocenters.